The molecule has 0 bridgehead atoms. The van der Waals surface area contributed by atoms with Crippen LogP contribution in [0.4, 0.5) is 10.5 Å². The molecule has 2 heterocycles. The first kappa shape index (κ1) is 18.9. The number of urea groups is 1. The third kappa shape index (κ3) is 5.05. The number of carbonyl (C=O) groups excluding carboxylic acids is 1. The van der Waals surface area contributed by atoms with Gasteiger partial charge in [-0.2, -0.15) is 0 Å². The Balaban J connectivity index is 1.50. The summed E-state index contributed by atoms with van der Waals surface area (Å²) in [5.41, 5.74) is 2.89. The van der Waals surface area contributed by atoms with Crippen molar-refractivity contribution in [3.05, 3.63) is 34.7 Å². The molecular weight excluding hydrogens is 344 g/mol. The fraction of sp³-hybridized carbons (Fsp3) is 0.500. The monoisotopic (exact) mass is 372 g/mol. The van der Waals surface area contributed by atoms with Gasteiger partial charge in [-0.1, -0.05) is 12.1 Å². The van der Waals surface area contributed by atoms with Gasteiger partial charge in [0.25, 0.3) is 0 Å². The SMILES string of the molecule is CCN(CCCN1CCCC1)C(=O)Nc1ccc(-c2csc(C)n2)cc1. The highest BCUT2D eigenvalue weighted by Crippen LogP contribution is 2.23. The topological polar surface area (TPSA) is 48.5 Å². The van der Waals surface area contributed by atoms with Crippen molar-refractivity contribution in [1.29, 1.82) is 0 Å². The number of rotatable bonds is 7. The van der Waals surface area contributed by atoms with Gasteiger partial charge >= 0.3 is 6.03 Å². The summed E-state index contributed by atoms with van der Waals surface area (Å²) in [6.45, 7) is 9.07. The Morgan fingerprint density at radius 3 is 2.62 bits per heavy atom. The van der Waals surface area contributed by atoms with Gasteiger partial charge in [-0.15, -0.1) is 11.3 Å². The number of anilines is 1. The number of carbonyl (C=O) groups is 1. The molecule has 140 valence electrons. The van der Waals surface area contributed by atoms with Gasteiger partial charge in [0.1, 0.15) is 0 Å². The maximum absolute atomic E-state index is 12.5. The highest BCUT2D eigenvalue weighted by Gasteiger charge is 2.14. The summed E-state index contributed by atoms with van der Waals surface area (Å²) in [7, 11) is 0. The summed E-state index contributed by atoms with van der Waals surface area (Å²) in [6, 6.07) is 7.88. The van der Waals surface area contributed by atoms with E-state index in [9.17, 15) is 4.79 Å². The Morgan fingerprint density at radius 1 is 1.27 bits per heavy atom. The largest absolute Gasteiger partial charge is 0.325 e. The van der Waals surface area contributed by atoms with Gasteiger partial charge in [-0.25, -0.2) is 9.78 Å². The summed E-state index contributed by atoms with van der Waals surface area (Å²) in [6.07, 6.45) is 3.66. The van der Waals surface area contributed by atoms with E-state index in [1.165, 1.54) is 25.9 Å². The van der Waals surface area contributed by atoms with Crippen LogP contribution in [0.1, 0.15) is 31.2 Å². The predicted octanol–water partition coefficient (Wildman–Crippen LogP) is 4.46. The molecule has 3 rings (SSSR count). The van der Waals surface area contributed by atoms with Gasteiger partial charge in [-0.05, 0) is 64.9 Å². The van der Waals surface area contributed by atoms with E-state index in [0.29, 0.717) is 0 Å². The minimum atomic E-state index is -0.0221. The smallest absolute Gasteiger partial charge is 0.321 e. The van der Waals surface area contributed by atoms with Crippen molar-refractivity contribution in [1.82, 2.24) is 14.8 Å². The van der Waals surface area contributed by atoms with Gasteiger partial charge in [0.05, 0.1) is 10.7 Å². The molecule has 6 heteroatoms. The molecule has 0 aliphatic carbocycles. The molecule has 1 saturated heterocycles. The Morgan fingerprint density at radius 2 is 2.00 bits per heavy atom. The minimum Gasteiger partial charge on any atom is -0.325 e. The first-order valence-electron chi connectivity index (χ1n) is 9.46. The van der Waals surface area contributed by atoms with E-state index in [4.69, 9.17) is 0 Å². The van der Waals surface area contributed by atoms with Crippen molar-refractivity contribution in [2.45, 2.75) is 33.1 Å². The molecule has 1 aliphatic rings. The molecule has 0 spiro atoms. The van der Waals surface area contributed by atoms with Crippen LogP contribution in [-0.2, 0) is 0 Å². The molecule has 5 nitrogen and oxygen atoms in total. The predicted molar refractivity (Wildman–Crippen MR) is 109 cm³/mol. The highest BCUT2D eigenvalue weighted by atomic mass is 32.1. The number of nitrogens with zero attached hydrogens (tertiary/aromatic N) is 3. The van der Waals surface area contributed by atoms with Crippen molar-refractivity contribution in [3.8, 4) is 11.3 Å². The summed E-state index contributed by atoms with van der Waals surface area (Å²) in [4.78, 5) is 21.4. The first-order chi connectivity index (χ1) is 12.7. The lowest BCUT2D eigenvalue weighted by Crippen LogP contribution is -2.36. The van der Waals surface area contributed by atoms with Crippen LogP contribution in [0.3, 0.4) is 0 Å². The van der Waals surface area contributed by atoms with Crippen molar-refractivity contribution in [2.24, 2.45) is 0 Å². The second-order valence-corrected chi connectivity index (χ2v) is 7.80. The normalized spacial score (nSPS) is 14.5. The average Bonchev–Trinajstić information content (AvgIpc) is 3.31. The number of benzene rings is 1. The zero-order valence-corrected chi connectivity index (χ0v) is 16.5. The molecule has 2 amide bonds. The number of hydrogen-bond acceptors (Lipinski definition) is 4. The van der Waals surface area contributed by atoms with Crippen LogP contribution in [0, 0.1) is 6.92 Å². The van der Waals surface area contributed by atoms with Crippen molar-refractivity contribution in [2.75, 3.05) is 38.0 Å². The van der Waals surface area contributed by atoms with E-state index < -0.39 is 0 Å². The molecule has 0 radical (unpaired) electrons. The van der Waals surface area contributed by atoms with Crippen molar-refractivity contribution >= 4 is 23.1 Å². The molecule has 1 aromatic heterocycles. The number of amides is 2. The number of hydrogen-bond donors (Lipinski definition) is 1. The molecule has 1 fully saturated rings. The second kappa shape index (κ2) is 9.14. The summed E-state index contributed by atoms with van der Waals surface area (Å²) in [5, 5.41) is 6.13. The van der Waals surface area contributed by atoms with Crippen LogP contribution in [0.15, 0.2) is 29.6 Å². The lowest BCUT2D eigenvalue weighted by atomic mass is 10.1. The molecule has 2 aromatic rings. The second-order valence-electron chi connectivity index (χ2n) is 6.74. The van der Waals surface area contributed by atoms with Gasteiger partial charge in [0, 0.05) is 29.7 Å². The van der Waals surface area contributed by atoms with Crippen LogP contribution in [-0.4, -0.2) is 53.5 Å². The van der Waals surface area contributed by atoms with Gasteiger partial charge in [0.2, 0.25) is 0 Å². The van der Waals surface area contributed by atoms with Gasteiger partial charge < -0.3 is 15.1 Å². The van der Waals surface area contributed by atoms with Gasteiger partial charge in [0.15, 0.2) is 0 Å². The zero-order chi connectivity index (χ0) is 18.4. The quantitative estimate of drug-likeness (QED) is 0.781. The lowest BCUT2D eigenvalue weighted by molar-refractivity contribution is 0.210. The molecule has 26 heavy (non-hydrogen) atoms. The number of aryl methyl sites for hydroxylation is 1. The summed E-state index contributed by atoms with van der Waals surface area (Å²) < 4.78 is 0. The van der Waals surface area contributed by atoms with Crippen molar-refractivity contribution < 1.29 is 4.79 Å². The number of aromatic nitrogens is 1. The maximum Gasteiger partial charge on any atom is 0.321 e. The van der Waals surface area contributed by atoms with E-state index in [1.807, 2.05) is 43.0 Å². The Bertz CT molecular complexity index is 707. The molecule has 1 N–H and O–H groups in total. The van der Waals surface area contributed by atoms with Crippen LogP contribution in [0.2, 0.25) is 0 Å². The van der Waals surface area contributed by atoms with E-state index >= 15 is 0 Å². The minimum absolute atomic E-state index is 0.0221. The lowest BCUT2D eigenvalue weighted by Gasteiger charge is -2.23. The van der Waals surface area contributed by atoms with E-state index in [1.54, 1.807) is 11.3 Å². The van der Waals surface area contributed by atoms with Crippen LogP contribution in [0.5, 0.6) is 0 Å². The fourth-order valence-electron chi connectivity index (χ4n) is 3.32. The van der Waals surface area contributed by atoms with E-state index in [2.05, 4.69) is 20.6 Å². The molecule has 1 aromatic carbocycles. The maximum atomic E-state index is 12.5. The van der Waals surface area contributed by atoms with Gasteiger partial charge in [-0.3, -0.25) is 0 Å². The third-order valence-electron chi connectivity index (χ3n) is 4.82. The van der Waals surface area contributed by atoms with Crippen LogP contribution < -0.4 is 5.32 Å². The zero-order valence-electron chi connectivity index (χ0n) is 15.7. The Labute approximate surface area is 160 Å². The number of nitrogens with one attached hydrogen (secondary N) is 1. The number of thiazole rings is 1. The molecule has 0 saturated carbocycles. The first-order valence-corrected chi connectivity index (χ1v) is 10.3. The third-order valence-corrected chi connectivity index (χ3v) is 5.59. The Hall–Kier alpha value is -1.92. The van der Waals surface area contributed by atoms with E-state index in [0.717, 1.165) is 48.0 Å². The summed E-state index contributed by atoms with van der Waals surface area (Å²) >= 11 is 1.65. The molecular formula is C20H28N4OS. The molecule has 0 atom stereocenters. The Kier molecular flexibility index (Phi) is 6.63. The standard InChI is InChI=1S/C20H28N4OS/c1-3-24(14-6-13-23-11-4-5-12-23)20(25)22-18-9-7-17(8-10-18)19-15-26-16(2)21-19/h7-10,15H,3-6,11-14H2,1-2H3,(H,22,25). The summed E-state index contributed by atoms with van der Waals surface area (Å²) in [5.74, 6) is 0. The average molecular weight is 373 g/mol. The highest BCUT2D eigenvalue weighted by molar-refractivity contribution is 7.09. The van der Waals surface area contributed by atoms with Crippen LogP contribution >= 0.6 is 11.3 Å². The molecule has 0 unspecified atom stereocenters. The number of likely N-dealkylation sites (tertiary alicyclic amines) is 1. The van der Waals surface area contributed by atoms with Crippen molar-refractivity contribution in [3.63, 3.8) is 0 Å². The van der Waals surface area contributed by atoms with Crippen LogP contribution in [0.25, 0.3) is 11.3 Å². The molecule has 1 aliphatic heterocycles. The fourth-order valence-corrected chi connectivity index (χ4v) is 3.94. The van der Waals surface area contributed by atoms with E-state index in [-0.39, 0.29) is 6.03 Å².